The summed E-state index contributed by atoms with van der Waals surface area (Å²) in [7, 11) is 1.17. The first-order valence-corrected chi connectivity index (χ1v) is 5.19. The normalized spacial score (nSPS) is 11.4. The number of ether oxygens (including phenoxy) is 2. The van der Waals surface area contributed by atoms with Crippen molar-refractivity contribution in [3.63, 3.8) is 0 Å². The molecule has 0 saturated heterocycles. The van der Waals surface area contributed by atoms with E-state index in [1.54, 1.807) is 0 Å². The zero-order valence-electron chi connectivity index (χ0n) is 9.46. The molecule has 1 aromatic carbocycles. The summed E-state index contributed by atoms with van der Waals surface area (Å²) in [5.41, 5.74) is -0.335. The highest BCUT2D eigenvalue weighted by Crippen LogP contribution is 2.35. The molecule has 1 unspecified atom stereocenters. The minimum Gasteiger partial charge on any atom is -0.466 e. The third-order valence-corrected chi connectivity index (χ3v) is 2.33. The predicted octanol–water partition coefficient (Wildman–Crippen LogP) is 2.35. The molecule has 0 aliphatic rings. The molecule has 18 heavy (non-hydrogen) atoms. The lowest BCUT2D eigenvalue weighted by atomic mass is 10.3. The van der Waals surface area contributed by atoms with Gasteiger partial charge in [-0.25, -0.2) is 4.79 Å². The second-order valence-corrected chi connectivity index (χ2v) is 3.55. The minimum absolute atomic E-state index is 0.0277. The molecule has 0 fully saturated rings. The van der Waals surface area contributed by atoms with Gasteiger partial charge in [0.2, 0.25) is 11.9 Å². The van der Waals surface area contributed by atoms with Crippen LogP contribution >= 0.6 is 11.6 Å². The van der Waals surface area contributed by atoms with E-state index in [-0.39, 0.29) is 16.5 Å². The Balaban J connectivity index is 3.13. The Bertz CT molecular complexity index is 488. The maximum absolute atomic E-state index is 11.3. The van der Waals surface area contributed by atoms with Gasteiger partial charge in [0, 0.05) is 6.07 Å². The van der Waals surface area contributed by atoms with Crippen LogP contribution in [0.4, 0.5) is 5.69 Å². The zero-order chi connectivity index (χ0) is 13.7. The second kappa shape index (κ2) is 6.02. The van der Waals surface area contributed by atoms with E-state index in [1.807, 2.05) is 0 Å². The molecule has 0 heterocycles. The summed E-state index contributed by atoms with van der Waals surface area (Å²) in [5, 5.41) is 10.8. The first-order valence-electron chi connectivity index (χ1n) is 4.81. The predicted molar refractivity (Wildman–Crippen MR) is 64.7 cm³/mol. The molecule has 0 spiro atoms. The Hall–Kier alpha value is -2.08. The lowest BCUT2D eigenvalue weighted by Gasteiger charge is -2.14. The van der Waals surface area contributed by atoms with Gasteiger partial charge in [0.15, 0.2) is 0 Å². The Kier molecular flexibility index (Phi) is 4.67. The minimum atomic E-state index is -1.16. The van der Waals surface area contributed by atoms with E-state index in [9.17, 15) is 14.9 Å². The van der Waals surface area contributed by atoms with Crippen molar-refractivity contribution in [3.05, 3.63) is 46.0 Å². The van der Waals surface area contributed by atoms with Crippen LogP contribution in [-0.2, 0) is 9.53 Å². The zero-order valence-corrected chi connectivity index (χ0v) is 10.2. The van der Waals surface area contributed by atoms with Crippen LogP contribution in [0.15, 0.2) is 30.9 Å². The van der Waals surface area contributed by atoms with Crippen molar-refractivity contribution in [2.75, 3.05) is 7.11 Å². The smallest absolute Gasteiger partial charge is 0.351 e. The number of rotatable bonds is 5. The molecule has 96 valence electrons. The number of methoxy groups -OCH3 is 1. The molecule has 6 nitrogen and oxygen atoms in total. The third-order valence-electron chi connectivity index (χ3n) is 2.04. The molecule has 0 saturated carbocycles. The first kappa shape index (κ1) is 14.0. The maximum Gasteiger partial charge on any atom is 0.351 e. The summed E-state index contributed by atoms with van der Waals surface area (Å²) >= 11 is 5.81. The van der Waals surface area contributed by atoms with Crippen molar-refractivity contribution in [2.24, 2.45) is 0 Å². The molecular formula is C11H10ClNO5. The average Bonchev–Trinajstić information content (AvgIpc) is 2.36. The van der Waals surface area contributed by atoms with Gasteiger partial charge in [0.05, 0.1) is 17.1 Å². The van der Waals surface area contributed by atoms with Crippen molar-refractivity contribution in [2.45, 2.75) is 6.10 Å². The summed E-state index contributed by atoms with van der Waals surface area (Å²) < 4.78 is 9.64. The van der Waals surface area contributed by atoms with Crippen molar-refractivity contribution < 1.29 is 19.2 Å². The van der Waals surface area contributed by atoms with Crippen LogP contribution in [0.1, 0.15) is 0 Å². The number of halogens is 1. The van der Waals surface area contributed by atoms with Crippen LogP contribution in [-0.4, -0.2) is 24.1 Å². The number of nitro groups is 1. The van der Waals surface area contributed by atoms with Gasteiger partial charge in [-0.3, -0.25) is 10.1 Å². The van der Waals surface area contributed by atoms with Crippen molar-refractivity contribution in [1.82, 2.24) is 0 Å². The molecule has 0 aromatic heterocycles. The van der Waals surface area contributed by atoms with Gasteiger partial charge in [-0.05, 0) is 12.1 Å². The molecule has 0 radical (unpaired) electrons. The van der Waals surface area contributed by atoms with E-state index < -0.39 is 17.0 Å². The van der Waals surface area contributed by atoms with E-state index in [4.69, 9.17) is 16.3 Å². The van der Waals surface area contributed by atoms with Crippen LogP contribution in [0.5, 0.6) is 5.75 Å². The lowest BCUT2D eigenvalue weighted by molar-refractivity contribution is -0.385. The van der Waals surface area contributed by atoms with Gasteiger partial charge >= 0.3 is 11.7 Å². The molecular weight excluding hydrogens is 262 g/mol. The fraction of sp³-hybridized carbons (Fsp3) is 0.182. The summed E-state index contributed by atoms with van der Waals surface area (Å²) in [6.45, 7) is 3.39. The van der Waals surface area contributed by atoms with Gasteiger partial charge in [-0.2, -0.15) is 0 Å². The number of carbonyl (C=O) groups is 1. The van der Waals surface area contributed by atoms with Crippen LogP contribution in [0.2, 0.25) is 5.02 Å². The number of hydrogen-bond acceptors (Lipinski definition) is 5. The van der Waals surface area contributed by atoms with Crippen LogP contribution in [0.3, 0.4) is 0 Å². The highest BCUT2D eigenvalue weighted by Gasteiger charge is 2.24. The molecule has 0 bridgehead atoms. The maximum atomic E-state index is 11.3. The van der Waals surface area contributed by atoms with Crippen LogP contribution in [0, 0.1) is 10.1 Å². The second-order valence-electron chi connectivity index (χ2n) is 3.14. The molecule has 1 rings (SSSR count). The number of benzene rings is 1. The third kappa shape index (κ3) is 2.98. The number of para-hydroxylation sites is 1. The van der Waals surface area contributed by atoms with E-state index in [2.05, 4.69) is 11.3 Å². The lowest BCUT2D eigenvalue weighted by Crippen LogP contribution is -2.26. The molecule has 7 heteroatoms. The summed E-state index contributed by atoms with van der Waals surface area (Å²) in [5.74, 6) is -0.918. The molecule has 1 atom stereocenters. The number of carbonyl (C=O) groups excluding carboxylic acids is 1. The summed E-state index contributed by atoms with van der Waals surface area (Å²) in [6, 6.07) is 4.05. The van der Waals surface area contributed by atoms with Gasteiger partial charge < -0.3 is 9.47 Å². The van der Waals surface area contributed by atoms with Crippen molar-refractivity contribution in [1.29, 1.82) is 0 Å². The standard InChI is InChI=1S/C11H10ClNO5/c1-3-9(11(14)17-2)18-10-7(12)5-4-6-8(10)13(15)16/h3-6,9H,1H2,2H3. The number of nitro benzene ring substituents is 1. The van der Waals surface area contributed by atoms with E-state index >= 15 is 0 Å². The van der Waals surface area contributed by atoms with Crippen LogP contribution in [0.25, 0.3) is 0 Å². The molecule has 1 aromatic rings. The summed E-state index contributed by atoms with van der Waals surface area (Å²) in [6.07, 6.45) is 0.00686. The Morgan fingerprint density at radius 2 is 2.28 bits per heavy atom. The van der Waals surface area contributed by atoms with Gasteiger partial charge in [0.1, 0.15) is 0 Å². The Morgan fingerprint density at radius 1 is 1.61 bits per heavy atom. The quantitative estimate of drug-likeness (QED) is 0.355. The SMILES string of the molecule is C=CC(Oc1c(Cl)cccc1[N+](=O)[O-])C(=O)OC. The van der Waals surface area contributed by atoms with E-state index in [0.29, 0.717) is 0 Å². The largest absolute Gasteiger partial charge is 0.466 e. The fourth-order valence-electron chi connectivity index (χ4n) is 1.19. The van der Waals surface area contributed by atoms with E-state index in [1.165, 1.54) is 31.4 Å². The van der Waals surface area contributed by atoms with E-state index in [0.717, 1.165) is 0 Å². The number of nitrogens with zero attached hydrogens (tertiary/aromatic N) is 1. The number of hydrogen-bond donors (Lipinski definition) is 0. The fourth-order valence-corrected chi connectivity index (χ4v) is 1.41. The first-order chi connectivity index (χ1) is 8.51. The average molecular weight is 272 g/mol. The number of esters is 1. The summed E-state index contributed by atoms with van der Waals surface area (Å²) in [4.78, 5) is 21.5. The van der Waals surface area contributed by atoms with Crippen molar-refractivity contribution >= 4 is 23.3 Å². The Labute approximate surface area is 108 Å². The highest BCUT2D eigenvalue weighted by molar-refractivity contribution is 6.32. The molecule has 0 N–H and O–H groups in total. The highest BCUT2D eigenvalue weighted by atomic mass is 35.5. The molecule has 0 amide bonds. The monoisotopic (exact) mass is 271 g/mol. The van der Waals surface area contributed by atoms with Gasteiger partial charge in [-0.1, -0.05) is 24.2 Å². The molecule has 0 aliphatic heterocycles. The topological polar surface area (TPSA) is 78.7 Å². The Morgan fingerprint density at radius 3 is 2.78 bits per heavy atom. The molecule has 0 aliphatic carbocycles. The van der Waals surface area contributed by atoms with Gasteiger partial charge in [-0.15, -0.1) is 0 Å². The van der Waals surface area contributed by atoms with Crippen molar-refractivity contribution in [3.8, 4) is 5.75 Å². The van der Waals surface area contributed by atoms with Gasteiger partial charge in [0.25, 0.3) is 0 Å². The van der Waals surface area contributed by atoms with Crippen LogP contribution < -0.4 is 4.74 Å².